The summed E-state index contributed by atoms with van der Waals surface area (Å²) < 4.78 is 11.5. The first-order valence-electron chi connectivity index (χ1n) is 15.6. The van der Waals surface area contributed by atoms with E-state index in [1.54, 1.807) is 13.8 Å². The lowest BCUT2D eigenvalue weighted by Crippen LogP contribution is -2.57. The molecule has 0 aliphatic carbocycles. The maximum absolute atomic E-state index is 12.5. The summed E-state index contributed by atoms with van der Waals surface area (Å²) in [6, 6.07) is -1.89. The van der Waals surface area contributed by atoms with Gasteiger partial charge >= 0.3 is 5.97 Å². The normalized spacial score (nSPS) is 15.2. The van der Waals surface area contributed by atoms with E-state index in [1.807, 2.05) is 20.8 Å². The van der Waals surface area contributed by atoms with Crippen molar-refractivity contribution < 1.29 is 72.1 Å². The second kappa shape index (κ2) is 32.3. The highest BCUT2D eigenvalue weighted by Gasteiger charge is 2.38. The smallest absolute Gasteiger partial charge is 0.357 e. The number of nitrogens with one attached hydrogen (secondary N) is 2. The van der Waals surface area contributed by atoms with Crippen molar-refractivity contribution in [2.75, 3.05) is 0 Å². The van der Waals surface area contributed by atoms with Crippen molar-refractivity contribution in [2.45, 2.75) is 118 Å². The van der Waals surface area contributed by atoms with Crippen LogP contribution in [-0.4, -0.2) is 102 Å². The first kappa shape index (κ1) is 51.6. The second-order valence-electron chi connectivity index (χ2n) is 8.91. The summed E-state index contributed by atoms with van der Waals surface area (Å²) in [5.74, 6) is -4.88. The van der Waals surface area contributed by atoms with Gasteiger partial charge in [0.2, 0.25) is 11.8 Å². The summed E-state index contributed by atoms with van der Waals surface area (Å²) in [4.78, 5) is 105. The van der Waals surface area contributed by atoms with E-state index in [4.69, 9.17) is 18.0 Å². The van der Waals surface area contributed by atoms with Crippen LogP contribution in [0.1, 0.15) is 109 Å². The summed E-state index contributed by atoms with van der Waals surface area (Å²) in [5.41, 5.74) is 0. The lowest BCUT2D eigenvalue weighted by molar-refractivity contribution is -0.199. The number of nitrogens with zero attached hydrogens (tertiary/aromatic N) is 3. The molecule has 0 bridgehead atoms. The van der Waals surface area contributed by atoms with Gasteiger partial charge in [-0.05, 0) is 6.42 Å². The number of amides is 8. The molecule has 3 rings (SSSR count). The molecule has 286 valence electrons. The fourth-order valence-corrected chi connectivity index (χ4v) is 3.48. The summed E-state index contributed by atoms with van der Waals surface area (Å²) >= 11 is 0. The summed E-state index contributed by atoms with van der Waals surface area (Å²) in [6.07, 6.45) is 13.5. The molecule has 19 nitrogen and oxygen atoms in total. The Morgan fingerprint density at radius 1 is 0.720 bits per heavy atom. The fourth-order valence-electron chi connectivity index (χ4n) is 3.48. The summed E-state index contributed by atoms with van der Waals surface area (Å²) in [7, 11) is 0. The Morgan fingerprint density at radius 2 is 1.02 bits per heavy atom. The molecular formula is C31H53N5O14. The zero-order chi connectivity index (χ0) is 38.7. The Labute approximate surface area is 295 Å². The lowest BCUT2D eigenvalue weighted by atomic mass is 10.0. The number of hydroxylamine groups is 6. The van der Waals surface area contributed by atoms with Crippen LogP contribution in [0.3, 0.4) is 0 Å². The van der Waals surface area contributed by atoms with Crippen LogP contribution in [0.4, 0.5) is 0 Å². The van der Waals surface area contributed by atoms with Gasteiger partial charge < -0.3 is 26.4 Å². The Hall–Kier alpha value is -5.21. The van der Waals surface area contributed by atoms with Gasteiger partial charge in [-0.25, -0.2) is 4.79 Å². The lowest BCUT2D eigenvalue weighted by Gasteiger charge is -2.28. The van der Waals surface area contributed by atoms with Crippen LogP contribution < -0.4 is 10.6 Å². The molecule has 50 heavy (non-hydrogen) atoms. The van der Waals surface area contributed by atoms with Crippen LogP contribution in [-0.2, 0) is 48.0 Å². The Balaban J connectivity index is -0.000000160. The standard InChI is InChI=1S/C16H25N3O6.2C4H5NO3.C2H6.2C2H2.CH4.2H2O/c1-4-7-10(17-11(20)5-2)15(18-12(21)6-3)16(24)25-19-13(22)8-9-14(19)23;2*6-3-1-2-4(7)5(3)8;3*1-2;;;/h10,15H,4-9H2,1-3H3,(H,17,20)(H,18,21);2*8H,1-2H2;1-2H3;2*1-2H;1H4;2*1H2/i;;;;2*1D;;;. The Bertz CT molecular complexity index is 1160. The summed E-state index contributed by atoms with van der Waals surface area (Å²) in [5, 5.41) is 22.8. The van der Waals surface area contributed by atoms with Gasteiger partial charge in [0.25, 0.3) is 35.4 Å². The SMILES string of the molecule is C.CC.CCCC(NC(=O)CC)C(NC(=O)CC)C(=O)ON1C(=O)CCC1=O.O.O.O=C1CCC(=O)N1O.O=C1CCC(=O)N1O.[2H]C#C.[2H]C#C. The monoisotopic (exact) mass is 721 g/mol. The average molecular weight is 722 g/mol. The zero-order valence-electron chi connectivity index (χ0n) is 30.2. The summed E-state index contributed by atoms with van der Waals surface area (Å²) in [6.45, 7) is 9.14. The molecule has 2 unspecified atom stereocenters. The third-order valence-corrected chi connectivity index (χ3v) is 5.80. The minimum absolute atomic E-state index is 0. The highest BCUT2D eigenvalue weighted by atomic mass is 16.7. The van der Waals surface area contributed by atoms with Gasteiger partial charge in [0.15, 0.2) is 0 Å². The number of terminal acetylenes is 2. The van der Waals surface area contributed by atoms with Gasteiger partial charge in [-0.3, -0.25) is 48.8 Å². The highest BCUT2D eigenvalue weighted by molar-refractivity contribution is 6.02. The molecule has 19 heteroatoms. The minimum Gasteiger partial charge on any atom is -0.412 e. The quantitative estimate of drug-likeness (QED) is 0.136. The Kier molecular flexibility index (Phi) is 33.4. The van der Waals surface area contributed by atoms with Gasteiger partial charge in [-0.2, -0.15) is 10.1 Å². The minimum atomic E-state index is -1.19. The molecule has 3 fully saturated rings. The molecule has 0 radical (unpaired) electrons. The van der Waals surface area contributed by atoms with E-state index in [1.165, 1.54) is 12.8 Å². The molecule has 3 saturated heterocycles. The average Bonchev–Trinajstić information content (AvgIpc) is 3.67. The van der Waals surface area contributed by atoms with E-state index in [0.717, 1.165) is 0 Å². The van der Waals surface area contributed by atoms with E-state index in [0.29, 0.717) is 17.9 Å². The predicted molar refractivity (Wildman–Crippen MR) is 177 cm³/mol. The van der Waals surface area contributed by atoms with Crippen molar-refractivity contribution in [3.8, 4) is 25.6 Å². The Morgan fingerprint density at radius 3 is 1.28 bits per heavy atom. The maximum Gasteiger partial charge on any atom is 0.357 e. The molecule has 3 aliphatic heterocycles. The van der Waals surface area contributed by atoms with Crippen LogP contribution in [0, 0.1) is 25.6 Å². The zero-order valence-corrected chi connectivity index (χ0v) is 28.2. The largest absolute Gasteiger partial charge is 0.412 e. The van der Waals surface area contributed by atoms with E-state index >= 15 is 0 Å². The van der Waals surface area contributed by atoms with Crippen LogP contribution in [0.15, 0.2) is 0 Å². The molecule has 0 aromatic carbocycles. The van der Waals surface area contributed by atoms with Crippen LogP contribution in [0.2, 0.25) is 0 Å². The van der Waals surface area contributed by atoms with E-state index < -0.39 is 59.4 Å². The number of rotatable bonds is 9. The van der Waals surface area contributed by atoms with E-state index in [2.05, 4.69) is 23.5 Å². The van der Waals surface area contributed by atoms with Crippen molar-refractivity contribution >= 4 is 53.2 Å². The molecule has 8 amide bonds. The second-order valence-corrected chi connectivity index (χ2v) is 8.91. The number of carbonyl (C=O) groups excluding carboxylic acids is 9. The molecule has 2 atom stereocenters. The topological polar surface area (TPSA) is 300 Å². The number of imide groups is 3. The van der Waals surface area contributed by atoms with Crippen molar-refractivity contribution in [1.82, 2.24) is 25.8 Å². The van der Waals surface area contributed by atoms with Gasteiger partial charge in [0.1, 0.15) is 8.78 Å². The van der Waals surface area contributed by atoms with Gasteiger partial charge in [0, 0.05) is 51.4 Å². The highest BCUT2D eigenvalue weighted by Crippen LogP contribution is 2.15. The van der Waals surface area contributed by atoms with E-state index in [9.17, 15) is 43.2 Å². The van der Waals surface area contributed by atoms with Crippen LogP contribution >= 0.6 is 0 Å². The van der Waals surface area contributed by atoms with Crippen LogP contribution in [0.5, 0.6) is 0 Å². The van der Waals surface area contributed by atoms with Crippen molar-refractivity contribution in [1.29, 1.82) is 0 Å². The number of hydrogen-bond acceptors (Lipinski definition) is 12. The van der Waals surface area contributed by atoms with Gasteiger partial charge in [-0.1, -0.05) is 48.5 Å². The van der Waals surface area contributed by atoms with Gasteiger partial charge in [0.05, 0.1) is 6.04 Å². The van der Waals surface area contributed by atoms with Crippen LogP contribution in [0.25, 0.3) is 0 Å². The van der Waals surface area contributed by atoms with Crippen molar-refractivity contribution in [3.05, 3.63) is 0 Å². The molecular weight excluding hydrogens is 666 g/mol. The van der Waals surface area contributed by atoms with E-state index in [-0.39, 0.29) is 85.8 Å². The van der Waals surface area contributed by atoms with Crippen molar-refractivity contribution in [3.63, 3.8) is 0 Å². The first-order valence-corrected chi connectivity index (χ1v) is 14.6. The molecule has 3 heterocycles. The molecule has 0 spiro atoms. The maximum atomic E-state index is 12.5. The number of hydrogen-bond donors (Lipinski definition) is 4. The van der Waals surface area contributed by atoms with Gasteiger partial charge in [-0.15, -0.1) is 30.7 Å². The first-order chi connectivity index (χ1) is 23.1. The third kappa shape index (κ3) is 20.2. The molecule has 8 N–H and O–H groups in total. The fraction of sp³-hybridized carbons (Fsp3) is 0.581. The molecule has 0 saturated carbocycles. The number of carbonyl (C=O) groups is 9. The molecule has 3 aliphatic rings. The third-order valence-electron chi connectivity index (χ3n) is 5.80. The molecule has 0 aromatic rings. The molecule has 0 aromatic heterocycles. The predicted octanol–water partition coefficient (Wildman–Crippen LogP) is -0.256. The van der Waals surface area contributed by atoms with Crippen molar-refractivity contribution in [2.24, 2.45) is 0 Å².